The molecule has 0 spiro atoms. The minimum absolute atomic E-state index is 0.0915. The molecular formula is C14H10ClFN4. The summed E-state index contributed by atoms with van der Waals surface area (Å²) in [6, 6.07) is 3.39. The summed E-state index contributed by atoms with van der Waals surface area (Å²) in [5.41, 5.74) is 2.29. The van der Waals surface area contributed by atoms with Gasteiger partial charge in [0.15, 0.2) is 0 Å². The summed E-state index contributed by atoms with van der Waals surface area (Å²) in [6.45, 7) is 0. The van der Waals surface area contributed by atoms with E-state index in [9.17, 15) is 4.39 Å². The molecule has 1 aliphatic rings. The van der Waals surface area contributed by atoms with Crippen molar-refractivity contribution in [3.8, 4) is 11.4 Å². The number of imidazole rings is 1. The lowest BCUT2D eigenvalue weighted by molar-refractivity contribution is 0.628. The fourth-order valence-corrected chi connectivity index (χ4v) is 2.57. The molecule has 0 unspecified atom stereocenters. The van der Waals surface area contributed by atoms with Crippen molar-refractivity contribution in [2.75, 3.05) is 0 Å². The van der Waals surface area contributed by atoms with Crippen LogP contribution in [0, 0.1) is 5.82 Å². The predicted octanol–water partition coefficient (Wildman–Crippen LogP) is 3.62. The summed E-state index contributed by atoms with van der Waals surface area (Å²) in [6.07, 6.45) is 7.06. The van der Waals surface area contributed by atoms with Crippen molar-refractivity contribution < 1.29 is 4.39 Å². The molecule has 0 radical (unpaired) electrons. The molecule has 4 nitrogen and oxygen atoms in total. The van der Waals surface area contributed by atoms with Crippen LogP contribution in [0.4, 0.5) is 4.39 Å². The number of nitrogens with zero attached hydrogens (tertiary/aromatic N) is 4. The van der Waals surface area contributed by atoms with Crippen LogP contribution in [0.5, 0.6) is 0 Å². The van der Waals surface area contributed by atoms with Gasteiger partial charge in [-0.3, -0.25) is 0 Å². The Morgan fingerprint density at radius 1 is 1.20 bits per heavy atom. The van der Waals surface area contributed by atoms with Crippen LogP contribution in [0.15, 0.2) is 30.9 Å². The Balaban J connectivity index is 2.03. The second-order valence-corrected chi connectivity index (χ2v) is 5.33. The zero-order valence-electron chi connectivity index (χ0n) is 10.4. The van der Waals surface area contributed by atoms with Gasteiger partial charge in [0.1, 0.15) is 18.0 Å². The van der Waals surface area contributed by atoms with Gasteiger partial charge < -0.3 is 4.57 Å². The minimum Gasteiger partial charge on any atom is -0.321 e. The summed E-state index contributed by atoms with van der Waals surface area (Å²) < 4.78 is 15.8. The molecule has 0 saturated heterocycles. The first-order valence-corrected chi connectivity index (χ1v) is 6.74. The first-order chi connectivity index (χ1) is 9.74. The fourth-order valence-electron chi connectivity index (χ4n) is 2.41. The number of rotatable bonds is 2. The highest BCUT2D eigenvalue weighted by Gasteiger charge is 2.29. The normalized spacial score (nSPS) is 14.9. The molecule has 3 aromatic rings. The molecule has 1 aromatic carbocycles. The van der Waals surface area contributed by atoms with Gasteiger partial charge >= 0.3 is 0 Å². The highest BCUT2D eigenvalue weighted by atomic mass is 35.5. The Kier molecular flexibility index (Phi) is 2.50. The third kappa shape index (κ3) is 1.78. The van der Waals surface area contributed by atoms with Gasteiger partial charge in [0.2, 0.25) is 0 Å². The minimum atomic E-state index is -0.420. The molecule has 20 heavy (non-hydrogen) atoms. The predicted molar refractivity (Wildman–Crippen MR) is 74.0 cm³/mol. The van der Waals surface area contributed by atoms with Gasteiger partial charge in [-0.2, -0.15) is 0 Å². The first-order valence-electron chi connectivity index (χ1n) is 6.36. The standard InChI is InChI=1S/C14H10ClFN4/c15-10-3-12-13(4-11(10)16)20(9-1-2-9)14(19-12)8-5-17-7-18-6-8/h3-7,9H,1-2H2. The Labute approximate surface area is 119 Å². The number of hydrogen-bond acceptors (Lipinski definition) is 3. The molecule has 0 N–H and O–H groups in total. The smallest absolute Gasteiger partial charge is 0.144 e. The van der Waals surface area contributed by atoms with Crippen molar-refractivity contribution in [3.05, 3.63) is 41.7 Å². The van der Waals surface area contributed by atoms with Crippen molar-refractivity contribution >= 4 is 22.6 Å². The fraction of sp³-hybridized carbons (Fsp3) is 0.214. The lowest BCUT2D eigenvalue weighted by Crippen LogP contribution is -1.98. The number of halogens is 2. The molecule has 1 aliphatic carbocycles. The maximum atomic E-state index is 13.7. The van der Waals surface area contributed by atoms with Crippen LogP contribution in [0.3, 0.4) is 0 Å². The Morgan fingerprint density at radius 2 is 1.95 bits per heavy atom. The highest BCUT2D eigenvalue weighted by molar-refractivity contribution is 6.31. The van der Waals surface area contributed by atoms with Gasteiger partial charge in [-0.15, -0.1) is 0 Å². The summed E-state index contributed by atoms with van der Waals surface area (Å²) in [5.74, 6) is 0.349. The van der Waals surface area contributed by atoms with Crippen LogP contribution >= 0.6 is 11.6 Å². The lowest BCUT2D eigenvalue weighted by Gasteiger charge is -2.07. The third-order valence-electron chi connectivity index (χ3n) is 3.46. The van der Waals surface area contributed by atoms with Crippen LogP contribution in [0.2, 0.25) is 5.02 Å². The van der Waals surface area contributed by atoms with E-state index in [2.05, 4.69) is 19.5 Å². The maximum Gasteiger partial charge on any atom is 0.144 e. The Morgan fingerprint density at radius 3 is 2.65 bits per heavy atom. The van der Waals surface area contributed by atoms with Gasteiger partial charge in [-0.25, -0.2) is 19.3 Å². The molecular weight excluding hydrogens is 279 g/mol. The van der Waals surface area contributed by atoms with Gasteiger partial charge in [0, 0.05) is 24.5 Å². The average molecular weight is 289 g/mol. The quantitative estimate of drug-likeness (QED) is 0.723. The van der Waals surface area contributed by atoms with Crippen molar-refractivity contribution in [3.63, 3.8) is 0 Å². The van der Waals surface area contributed by atoms with Crippen molar-refractivity contribution in [2.24, 2.45) is 0 Å². The highest BCUT2D eigenvalue weighted by Crippen LogP contribution is 2.41. The topological polar surface area (TPSA) is 43.6 Å². The van der Waals surface area contributed by atoms with Crippen molar-refractivity contribution in [1.82, 2.24) is 19.5 Å². The largest absolute Gasteiger partial charge is 0.321 e. The number of aromatic nitrogens is 4. The van der Waals surface area contributed by atoms with Crippen LogP contribution in [-0.4, -0.2) is 19.5 Å². The van der Waals surface area contributed by atoms with E-state index in [0.717, 1.165) is 29.7 Å². The van der Waals surface area contributed by atoms with Crippen molar-refractivity contribution in [2.45, 2.75) is 18.9 Å². The molecule has 0 atom stereocenters. The van der Waals surface area contributed by atoms with E-state index < -0.39 is 5.82 Å². The third-order valence-corrected chi connectivity index (χ3v) is 3.75. The van der Waals surface area contributed by atoms with E-state index in [4.69, 9.17) is 11.6 Å². The molecule has 0 amide bonds. The van der Waals surface area contributed by atoms with E-state index in [-0.39, 0.29) is 5.02 Å². The Bertz CT molecular complexity index is 796. The van der Waals surface area contributed by atoms with E-state index in [1.54, 1.807) is 18.5 Å². The van der Waals surface area contributed by atoms with E-state index >= 15 is 0 Å². The monoisotopic (exact) mass is 288 g/mol. The van der Waals surface area contributed by atoms with Crippen LogP contribution in [0.25, 0.3) is 22.4 Å². The molecule has 1 saturated carbocycles. The van der Waals surface area contributed by atoms with Crippen LogP contribution in [0.1, 0.15) is 18.9 Å². The van der Waals surface area contributed by atoms with Crippen LogP contribution < -0.4 is 0 Å². The molecule has 0 bridgehead atoms. The van der Waals surface area contributed by atoms with Gasteiger partial charge in [-0.1, -0.05) is 11.6 Å². The molecule has 1 fully saturated rings. The second-order valence-electron chi connectivity index (χ2n) is 4.92. The zero-order valence-corrected chi connectivity index (χ0v) is 11.2. The maximum absolute atomic E-state index is 13.7. The van der Waals surface area contributed by atoms with Gasteiger partial charge in [-0.05, 0) is 18.9 Å². The molecule has 4 rings (SSSR count). The summed E-state index contributed by atoms with van der Waals surface area (Å²) in [4.78, 5) is 12.6. The van der Waals surface area contributed by atoms with Crippen LogP contribution in [-0.2, 0) is 0 Å². The lowest BCUT2D eigenvalue weighted by atomic mass is 10.3. The summed E-state index contributed by atoms with van der Waals surface area (Å²) >= 11 is 5.84. The molecule has 6 heteroatoms. The van der Waals surface area contributed by atoms with Gasteiger partial charge in [0.05, 0.1) is 21.6 Å². The number of hydrogen-bond donors (Lipinski definition) is 0. The van der Waals surface area contributed by atoms with E-state index in [1.165, 1.54) is 12.4 Å². The zero-order chi connectivity index (χ0) is 13.7. The van der Waals surface area contributed by atoms with E-state index in [1.807, 2.05) is 0 Å². The van der Waals surface area contributed by atoms with E-state index in [0.29, 0.717) is 11.6 Å². The molecule has 0 aliphatic heterocycles. The van der Waals surface area contributed by atoms with Gasteiger partial charge in [0.25, 0.3) is 0 Å². The average Bonchev–Trinajstić information content (AvgIpc) is 3.23. The molecule has 100 valence electrons. The first kappa shape index (κ1) is 11.8. The second kappa shape index (κ2) is 4.24. The SMILES string of the molecule is Fc1cc2c(cc1Cl)nc(-c1cncnc1)n2C1CC1. The van der Waals surface area contributed by atoms with Crippen molar-refractivity contribution in [1.29, 1.82) is 0 Å². The summed E-state index contributed by atoms with van der Waals surface area (Å²) in [5, 5.41) is 0.0915. The molecule has 2 aromatic heterocycles. The number of fused-ring (bicyclic) bond motifs is 1. The number of benzene rings is 1. The summed E-state index contributed by atoms with van der Waals surface area (Å²) in [7, 11) is 0. The molecule has 2 heterocycles. The Hall–Kier alpha value is -2.01.